The molecule has 2 heterocycles. The van der Waals surface area contributed by atoms with E-state index in [-0.39, 0.29) is 18.2 Å². The van der Waals surface area contributed by atoms with E-state index in [9.17, 15) is 14.4 Å². The van der Waals surface area contributed by atoms with Gasteiger partial charge < -0.3 is 10.2 Å². The Labute approximate surface area is 110 Å². The number of carbonyl (C=O) groups excluding carboxylic acids is 3. The topological polar surface area (TPSA) is 69.7 Å². The number of anilines is 1. The number of nitrogens with zero attached hydrogens (tertiary/aromatic N) is 2. The van der Waals surface area contributed by atoms with Gasteiger partial charge in [0.2, 0.25) is 11.8 Å². The third-order valence-electron chi connectivity index (χ3n) is 3.40. The zero-order chi connectivity index (χ0) is 13.4. The first-order valence-corrected chi connectivity index (χ1v) is 6.15. The summed E-state index contributed by atoms with van der Waals surface area (Å²) in [5, 5.41) is 2.67. The van der Waals surface area contributed by atoms with Gasteiger partial charge in [0.25, 0.3) is 0 Å². The van der Waals surface area contributed by atoms with Gasteiger partial charge in [-0.1, -0.05) is 18.2 Å². The van der Waals surface area contributed by atoms with Crippen LogP contribution in [0.3, 0.4) is 0 Å². The van der Waals surface area contributed by atoms with E-state index in [4.69, 9.17) is 0 Å². The number of urea groups is 1. The third-order valence-corrected chi connectivity index (χ3v) is 3.40. The first-order chi connectivity index (χ1) is 9.18. The first kappa shape index (κ1) is 11.7. The smallest absolute Gasteiger partial charge is 0.332 e. The summed E-state index contributed by atoms with van der Waals surface area (Å²) in [6.07, 6.45) is 0.0342. The van der Waals surface area contributed by atoms with Crippen molar-refractivity contribution >= 4 is 23.5 Å². The van der Waals surface area contributed by atoms with Gasteiger partial charge >= 0.3 is 6.03 Å². The molecule has 98 valence electrons. The number of fused-ring (bicyclic) bond motifs is 1. The molecule has 1 N–H and O–H groups in total. The number of hydrogen-bond acceptors (Lipinski definition) is 3. The van der Waals surface area contributed by atoms with E-state index < -0.39 is 12.1 Å². The minimum atomic E-state index is -0.659. The number of carbonyl (C=O) groups is 3. The van der Waals surface area contributed by atoms with E-state index in [2.05, 4.69) is 5.32 Å². The van der Waals surface area contributed by atoms with Crippen molar-refractivity contribution in [1.29, 1.82) is 0 Å². The standard InChI is InChI=1S/C13H13N3O3/c17-11-8-10-12(18)14-6-7-15(10)13(19)16(11)9-4-2-1-3-5-9/h1-5,10H,6-8H2,(H,14,18)/t10-/m0/s1. The highest BCUT2D eigenvalue weighted by Gasteiger charge is 2.44. The van der Waals surface area contributed by atoms with Gasteiger partial charge in [-0.25, -0.2) is 9.69 Å². The van der Waals surface area contributed by atoms with E-state index in [1.807, 2.05) is 6.07 Å². The zero-order valence-corrected chi connectivity index (χ0v) is 10.2. The number of amides is 4. The van der Waals surface area contributed by atoms with E-state index in [1.54, 1.807) is 24.3 Å². The molecule has 2 fully saturated rings. The summed E-state index contributed by atoms with van der Waals surface area (Å²) >= 11 is 0. The highest BCUT2D eigenvalue weighted by atomic mass is 16.2. The summed E-state index contributed by atoms with van der Waals surface area (Å²) in [5.41, 5.74) is 0.543. The van der Waals surface area contributed by atoms with E-state index in [1.165, 1.54) is 4.90 Å². The second-order valence-electron chi connectivity index (χ2n) is 4.55. The molecular formula is C13H13N3O3. The van der Waals surface area contributed by atoms with Crippen molar-refractivity contribution in [3.63, 3.8) is 0 Å². The molecule has 2 aliphatic rings. The number of piperazine rings is 1. The van der Waals surface area contributed by atoms with Gasteiger partial charge in [-0.2, -0.15) is 0 Å². The highest BCUT2D eigenvalue weighted by Crippen LogP contribution is 2.25. The molecule has 0 radical (unpaired) electrons. The second kappa shape index (κ2) is 4.38. The molecule has 1 aromatic carbocycles. The number of rotatable bonds is 1. The maximum absolute atomic E-state index is 12.4. The lowest BCUT2D eigenvalue weighted by Gasteiger charge is -2.41. The third kappa shape index (κ3) is 1.85. The molecule has 0 unspecified atom stereocenters. The van der Waals surface area contributed by atoms with Gasteiger partial charge in [0.15, 0.2) is 0 Å². The van der Waals surface area contributed by atoms with Crippen LogP contribution < -0.4 is 10.2 Å². The second-order valence-corrected chi connectivity index (χ2v) is 4.55. The van der Waals surface area contributed by atoms with Gasteiger partial charge in [-0.05, 0) is 12.1 Å². The Kier molecular flexibility index (Phi) is 2.70. The molecule has 0 bridgehead atoms. The fourth-order valence-corrected chi connectivity index (χ4v) is 2.47. The van der Waals surface area contributed by atoms with Crippen LogP contribution in [0.1, 0.15) is 6.42 Å². The summed E-state index contributed by atoms with van der Waals surface area (Å²) in [7, 11) is 0. The van der Waals surface area contributed by atoms with Crippen LogP contribution in [-0.2, 0) is 9.59 Å². The lowest BCUT2D eigenvalue weighted by atomic mass is 10.0. The fourth-order valence-electron chi connectivity index (χ4n) is 2.47. The van der Waals surface area contributed by atoms with Crippen LogP contribution in [0.15, 0.2) is 30.3 Å². The quantitative estimate of drug-likeness (QED) is 0.791. The van der Waals surface area contributed by atoms with Crippen molar-refractivity contribution in [2.45, 2.75) is 12.5 Å². The summed E-state index contributed by atoms with van der Waals surface area (Å²) in [6, 6.07) is 7.70. The zero-order valence-electron chi connectivity index (χ0n) is 10.2. The molecule has 0 aliphatic carbocycles. The molecule has 1 aromatic rings. The van der Waals surface area contributed by atoms with Crippen molar-refractivity contribution in [2.75, 3.05) is 18.0 Å². The SMILES string of the molecule is O=C1NCCN2C(=O)N(c3ccccc3)C(=O)C[C@@H]12. The number of benzene rings is 1. The lowest BCUT2D eigenvalue weighted by Crippen LogP contribution is -2.65. The number of para-hydroxylation sites is 1. The average Bonchev–Trinajstić information content (AvgIpc) is 2.41. The molecule has 6 heteroatoms. The molecule has 1 atom stereocenters. The van der Waals surface area contributed by atoms with Gasteiger partial charge in [0, 0.05) is 13.1 Å². The molecule has 4 amide bonds. The number of imide groups is 1. The maximum atomic E-state index is 12.4. The van der Waals surface area contributed by atoms with Crippen LogP contribution in [0.2, 0.25) is 0 Å². The Morgan fingerprint density at radius 3 is 2.58 bits per heavy atom. The van der Waals surface area contributed by atoms with Gasteiger partial charge in [-0.3, -0.25) is 9.59 Å². The number of hydrogen-bond donors (Lipinski definition) is 1. The molecule has 0 saturated carbocycles. The van der Waals surface area contributed by atoms with Gasteiger partial charge in [-0.15, -0.1) is 0 Å². The summed E-state index contributed by atoms with van der Waals surface area (Å²) < 4.78 is 0. The molecule has 0 spiro atoms. The molecule has 2 aliphatic heterocycles. The van der Waals surface area contributed by atoms with E-state index in [0.29, 0.717) is 18.8 Å². The van der Waals surface area contributed by atoms with E-state index in [0.717, 1.165) is 4.90 Å². The fraction of sp³-hybridized carbons (Fsp3) is 0.308. The Morgan fingerprint density at radius 1 is 1.11 bits per heavy atom. The Morgan fingerprint density at radius 2 is 1.84 bits per heavy atom. The van der Waals surface area contributed by atoms with Crippen molar-refractivity contribution in [2.24, 2.45) is 0 Å². The normalized spacial score (nSPS) is 23.2. The summed E-state index contributed by atoms with van der Waals surface area (Å²) in [6.45, 7) is 0.865. The molecule has 6 nitrogen and oxygen atoms in total. The minimum Gasteiger partial charge on any atom is -0.353 e. The monoisotopic (exact) mass is 259 g/mol. The molecule has 2 saturated heterocycles. The van der Waals surface area contributed by atoms with Gasteiger partial charge in [0.1, 0.15) is 6.04 Å². The molecular weight excluding hydrogens is 246 g/mol. The average molecular weight is 259 g/mol. The van der Waals surface area contributed by atoms with Crippen LogP contribution in [0, 0.1) is 0 Å². The molecule has 0 aromatic heterocycles. The Bertz CT molecular complexity index is 543. The van der Waals surface area contributed by atoms with Crippen LogP contribution in [0.5, 0.6) is 0 Å². The van der Waals surface area contributed by atoms with Crippen LogP contribution in [-0.4, -0.2) is 41.9 Å². The van der Waals surface area contributed by atoms with Crippen LogP contribution >= 0.6 is 0 Å². The van der Waals surface area contributed by atoms with Crippen molar-refractivity contribution in [3.8, 4) is 0 Å². The van der Waals surface area contributed by atoms with Crippen LogP contribution in [0.4, 0.5) is 10.5 Å². The maximum Gasteiger partial charge on any atom is 0.332 e. The predicted molar refractivity (Wildman–Crippen MR) is 67.4 cm³/mol. The van der Waals surface area contributed by atoms with Crippen molar-refractivity contribution < 1.29 is 14.4 Å². The highest BCUT2D eigenvalue weighted by molar-refractivity contribution is 6.18. The molecule has 19 heavy (non-hydrogen) atoms. The van der Waals surface area contributed by atoms with Crippen molar-refractivity contribution in [1.82, 2.24) is 10.2 Å². The Balaban J connectivity index is 1.94. The number of nitrogens with one attached hydrogen (secondary N) is 1. The first-order valence-electron chi connectivity index (χ1n) is 6.15. The summed E-state index contributed by atoms with van der Waals surface area (Å²) in [4.78, 5) is 38.8. The Hall–Kier alpha value is -2.37. The lowest BCUT2D eigenvalue weighted by molar-refractivity contribution is -0.133. The van der Waals surface area contributed by atoms with Crippen LogP contribution in [0.25, 0.3) is 0 Å². The molecule has 3 rings (SSSR count). The largest absolute Gasteiger partial charge is 0.353 e. The predicted octanol–water partition coefficient (Wildman–Crippen LogP) is 0.344. The summed E-state index contributed by atoms with van der Waals surface area (Å²) in [5.74, 6) is -0.588. The van der Waals surface area contributed by atoms with E-state index >= 15 is 0 Å². The minimum absolute atomic E-state index is 0.0342. The van der Waals surface area contributed by atoms with Gasteiger partial charge in [0.05, 0.1) is 12.1 Å². The van der Waals surface area contributed by atoms with Crippen molar-refractivity contribution in [3.05, 3.63) is 30.3 Å².